The molecule has 2 aromatic rings. The molecule has 16 heteroatoms. The van der Waals surface area contributed by atoms with E-state index >= 15 is 0 Å². The van der Waals surface area contributed by atoms with Crippen LogP contribution >= 0.6 is 7.82 Å². The Morgan fingerprint density at radius 1 is 0.965 bits per heavy atom. The van der Waals surface area contributed by atoms with Gasteiger partial charge in [0.15, 0.2) is 23.5 Å². The summed E-state index contributed by atoms with van der Waals surface area (Å²) in [6.45, 7) is 4.34. The van der Waals surface area contributed by atoms with Gasteiger partial charge in [-0.1, -0.05) is 70.8 Å². The summed E-state index contributed by atoms with van der Waals surface area (Å²) in [4.78, 5) is 69.6. The Bertz CT molecular complexity index is 1880. The van der Waals surface area contributed by atoms with Gasteiger partial charge in [-0.15, -0.1) is 0 Å². The highest BCUT2D eigenvalue weighted by Crippen LogP contribution is 2.65. The number of ketones is 2. The third kappa shape index (κ3) is 8.80. The van der Waals surface area contributed by atoms with Gasteiger partial charge in [-0.3, -0.25) is 23.5 Å². The molecule has 4 fully saturated rings. The molecule has 10 atom stereocenters. The number of aliphatic hydroxyl groups excluding tert-OH is 1. The van der Waals surface area contributed by atoms with Crippen molar-refractivity contribution in [2.75, 3.05) is 12.3 Å². The van der Waals surface area contributed by atoms with Crippen LogP contribution in [0.5, 0.6) is 0 Å². The minimum atomic E-state index is -5.04. The molecule has 0 spiro atoms. The molecule has 0 radical (unpaired) electrons. The van der Waals surface area contributed by atoms with Gasteiger partial charge < -0.3 is 30.1 Å². The van der Waals surface area contributed by atoms with Crippen LogP contribution in [0.3, 0.4) is 0 Å². The van der Waals surface area contributed by atoms with Crippen molar-refractivity contribution >= 4 is 42.3 Å². The molecule has 1 saturated heterocycles. The van der Waals surface area contributed by atoms with Crippen LogP contribution in [0.25, 0.3) is 11.2 Å². The van der Waals surface area contributed by atoms with E-state index in [1.165, 1.54) is 29.2 Å². The Hall–Kier alpha value is -3.07. The van der Waals surface area contributed by atoms with Gasteiger partial charge in [0.05, 0.1) is 6.33 Å². The zero-order valence-corrected chi connectivity index (χ0v) is 34.2. The molecule has 3 saturated carbocycles. The maximum absolute atomic E-state index is 13.8. The molecular formula is C41H60N5O10P. The second-order valence-corrected chi connectivity index (χ2v) is 19.0. The smallest absolute Gasteiger partial charge is 0.463 e. The van der Waals surface area contributed by atoms with E-state index in [1.807, 2.05) is 6.08 Å². The highest BCUT2D eigenvalue weighted by molar-refractivity contribution is 7.46. The number of phosphoric acid groups is 1. The Morgan fingerprint density at radius 2 is 1.68 bits per heavy atom. The van der Waals surface area contributed by atoms with Crippen molar-refractivity contribution in [3.05, 3.63) is 24.3 Å². The highest BCUT2D eigenvalue weighted by atomic mass is 31.2. The van der Waals surface area contributed by atoms with Crippen molar-refractivity contribution in [3.8, 4) is 0 Å². The molecular weight excluding hydrogens is 753 g/mol. The fraction of sp³-hybridized carbons (Fsp3) is 0.756. The average Bonchev–Trinajstić information content (AvgIpc) is 3.81. The Kier molecular flexibility index (Phi) is 12.7. The van der Waals surface area contributed by atoms with Crippen LogP contribution in [-0.4, -0.2) is 76.9 Å². The van der Waals surface area contributed by atoms with Crippen molar-refractivity contribution < 1.29 is 47.8 Å². The molecule has 7 rings (SSSR count). The molecule has 3 heterocycles. The van der Waals surface area contributed by atoms with Gasteiger partial charge in [-0.05, 0) is 80.6 Å². The number of Topliss-reactive ketones (excluding diaryl/α,β-unsaturated/α-hetero) is 1. The van der Waals surface area contributed by atoms with E-state index in [0.717, 1.165) is 89.9 Å². The number of unbranched alkanes of at least 4 members (excludes halogenated alkanes) is 8. The maximum Gasteiger partial charge on any atom is 0.470 e. The first kappa shape index (κ1) is 42.1. The molecule has 15 nitrogen and oxygen atoms in total. The number of carbonyl (C=O) groups excluding carboxylic acids is 3. The second kappa shape index (κ2) is 17.3. The molecule has 1 aliphatic heterocycles. The molecule has 0 aromatic carbocycles. The SMILES string of the molecule is C[C@]12CCC(=O)C=C1CCC1C2CC[C@]2(C)C(=O)[C@@H](CCCCCCCCCCCC(=O)OC[C@H]3O[C@@H](n4cnc5c(N)ncnc54)[C@H](OP(=O)(O)O)[C@@H]3O)CC12. The number of ether oxygens (including phenoxy) is 2. The quantitative estimate of drug-likeness (QED) is 0.0781. The van der Waals surface area contributed by atoms with Crippen molar-refractivity contribution in [2.24, 2.45) is 34.5 Å². The summed E-state index contributed by atoms with van der Waals surface area (Å²) in [5, 5.41) is 10.9. The Morgan fingerprint density at radius 3 is 2.42 bits per heavy atom. The number of esters is 1. The lowest BCUT2D eigenvalue weighted by atomic mass is 9.47. The van der Waals surface area contributed by atoms with Crippen LogP contribution in [0.1, 0.15) is 136 Å². The van der Waals surface area contributed by atoms with E-state index in [2.05, 4.69) is 28.8 Å². The van der Waals surface area contributed by atoms with E-state index in [0.29, 0.717) is 42.2 Å². The minimum absolute atomic E-state index is 0.0937. The van der Waals surface area contributed by atoms with Crippen molar-refractivity contribution in [2.45, 2.75) is 154 Å². The van der Waals surface area contributed by atoms with Crippen molar-refractivity contribution in [1.29, 1.82) is 0 Å². The molecule has 5 N–H and O–H groups in total. The van der Waals surface area contributed by atoms with Gasteiger partial charge in [-0.2, -0.15) is 0 Å². The summed E-state index contributed by atoms with van der Waals surface area (Å²) < 4.78 is 29.2. The third-order valence-electron chi connectivity index (χ3n) is 14.4. The largest absolute Gasteiger partial charge is 0.470 e. The number of aliphatic hydroxyl groups is 1. The van der Waals surface area contributed by atoms with Crippen LogP contribution < -0.4 is 5.73 Å². The van der Waals surface area contributed by atoms with Crippen molar-refractivity contribution in [3.63, 3.8) is 0 Å². The van der Waals surface area contributed by atoms with E-state index in [-0.39, 0.29) is 46.8 Å². The van der Waals surface area contributed by atoms with Gasteiger partial charge in [0.2, 0.25) is 0 Å². The van der Waals surface area contributed by atoms with Gasteiger partial charge in [0, 0.05) is 24.2 Å². The molecule has 3 unspecified atom stereocenters. The van der Waals surface area contributed by atoms with Crippen LogP contribution in [0.15, 0.2) is 24.3 Å². The number of fused-ring (bicyclic) bond motifs is 6. The molecule has 57 heavy (non-hydrogen) atoms. The first-order chi connectivity index (χ1) is 27.2. The predicted octanol–water partition coefficient (Wildman–Crippen LogP) is 6.31. The normalized spacial score (nSPS) is 33.9. The van der Waals surface area contributed by atoms with Gasteiger partial charge >= 0.3 is 13.8 Å². The number of carbonyl (C=O) groups is 3. The van der Waals surface area contributed by atoms with Crippen LogP contribution in [-0.2, 0) is 32.9 Å². The first-order valence-electron chi connectivity index (χ1n) is 21.1. The number of hydrogen-bond acceptors (Lipinski definition) is 12. The van der Waals surface area contributed by atoms with Gasteiger partial charge in [-0.25, -0.2) is 19.5 Å². The van der Waals surface area contributed by atoms with Gasteiger partial charge in [0.25, 0.3) is 0 Å². The van der Waals surface area contributed by atoms with Crippen LogP contribution in [0, 0.1) is 34.5 Å². The lowest BCUT2D eigenvalue weighted by Crippen LogP contribution is -2.50. The maximum atomic E-state index is 13.8. The number of nitrogen functional groups attached to an aromatic ring is 1. The Balaban J connectivity index is 0.757. The zero-order chi connectivity index (χ0) is 40.5. The van der Waals surface area contributed by atoms with Crippen molar-refractivity contribution in [1.82, 2.24) is 19.5 Å². The molecule has 0 bridgehead atoms. The summed E-state index contributed by atoms with van der Waals surface area (Å²) in [6.07, 6.45) is 16.6. The third-order valence-corrected chi connectivity index (χ3v) is 14.9. The number of nitrogens with zero attached hydrogens (tertiary/aromatic N) is 4. The summed E-state index contributed by atoms with van der Waals surface area (Å²) in [5.41, 5.74) is 7.67. The summed E-state index contributed by atoms with van der Waals surface area (Å²) in [6, 6.07) is 0. The fourth-order valence-electron chi connectivity index (χ4n) is 11.3. The number of allylic oxidation sites excluding steroid dienone is 1. The van der Waals surface area contributed by atoms with E-state index in [4.69, 9.17) is 19.7 Å². The second-order valence-electron chi connectivity index (χ2n) is 17.8. The summed E-state index contributed by atoms with van der Waals surface area (Å²) >= 11 is 0. The minimum Gasteiger partial charge on any atom is -0.463 e. The number of rotatable bonds is 17. The number of hydrogen-bond donors (Lipinski definition) is 4. The molecule has 0 amide bonds. The average molecular weight is 814 g/mol. The number of aromatic nitrogens is 4. The van der Waals surface area contributed by atoms with Crippen LogP contribution in [0.4, 0.5) is 5.82 Å². The van der Waals surface area contributed by atoms with E-state index in [1.54, 1.807) is 0 Å². The summed E-state index contributed by atoms with van der Waals surface area (Å²) in [7, 11) is -5.04. The lowest BCUT2D eigenvalue weighted by molar-refractivity contribution is -0.150. The molecule has 2 aromatic heterocycles. The fourth-order valence-corrected chi connectivity index (χ4v) is 11.8. The zero-order valence-electron chi connectivity index (χ0n) is 33.3. The standard InChI is InChI=1S/C41H60N5O10P/c1-40-18-16-27(47)21-26(40)14-15-28-29(40)17-19-41(2)30(28)20-25(36(41)50)12-10-8-6-4-3-5-7-9-11-13-32(48)54-22-31-34(49)35(56-57(51,52)53)39(55-31)46-24-45-33-37(42)43-23-44-38(33)46/h21,23-25,28-31,34-35,39,49H,3-20,22H2,1-2H3,(H2,42,43,44)(H2,51,52,53)/t25-,28?,29?,30?,31+,34+,35+,39+,40-,41-/m0/s1. The number of nitrogens with two attached hydrogens (primary N) is 1. The Labute approximate surface area is 334 Å². The number of anilines is 1. The van der Waals surface area contributed by atoms with Crippen LogP contribution in [0.2, 0.25) is 0 Å². The van der Waals surface area contributed by atoms with E-state index < -0.39 is 38.3 Å². The molecule has 314 valence electrons. The number of phosphoric ester groups is 1. The topological polar surface area (TPSA) is 226 Å². The number of imidazole rings is 1. The highest BCUT2D eigenvalue weighted by Gasteiger charge is 2.61. The van der Waals surface area contributed by atoms with E-state index in [9.17, 15) is 33.8 Å². The van der Waals surface area contributed by atoms with Gasteiger partial charge in [0.1, 0.15) is 42.5 Å². The lowest BCUT2D eigenvalue weighted by Gasteiger charge is -2.56. The summed E-state index contributed by atoms with van der Waals surface area (Å²) in [5.74, 6) is 2.37. The predicted molar refractivity (Wildman–Crippen MR) is 209 cm³/mol. The molecule has 5 aliphatic rings. The first-order valence-corrected chi connectivity index (χ1v) is 22.7. The molecule has 4 aliphatic carbocycles. The monoisotopic (exact) mass is 813 g/mol.